The number of hydrogen-bond donors (Lipinski definition) is 3. The summed E-state index contributed by atoms with van der Waals surface area (Å²) >= 11 is 6.76. The first kappa shape index (κ1) is 51.4. The lowest BCUT2D eigenvalue weighted by Gasteiger charge is -2.43. The molecule has 0 radical (unpaired) electrons. The molecule has 1 aliphatic carbocycles. The third-order valence-corrected chi connectivity index (χ3v) is 16.9. The molecular formula is C56H65ClF2N8O7. The van der Waals surface area contributed by atoms with Gasteiger partial charge >= 0.3 is 6.03 Å². The van der Waals surface area contributed by atoms with Crippen LogP contribution in [0.5, 0.6) is 11.5 Å². The smallest absolute Gasteiger partial charge is 0.329 e. The molecule has 5 aliphatic rings. The number of anilines is 1. The molecule has 4 aromatic carbocycles. The predicted molar refractivity (Wildman–Crippen MR) is 278 cm³/mol. The van der Waals surface area contributed by atoms with E-state index in [2.05, 4.69) is 43.7 Å². The monoisotopic (exact) mass is 1030 g/mol. The number of aromatic nitrogens is 2. The van der Waals surface area contributed by atoms with Crippen LogP contribution in [0.2, 0.25) is 5.02 Å². The van der Waals surface area contributed by atoms with Crippen LogP contribution in [-0.4, -0.2) is 115 Å². The zero-order valence-electron chi connectivity index (χ0n) is 42.3. The number of halogens is 3. The number of primary amides is 1. The van der Waals surface area contributed by atoms with Crippen molar-refractivity contribution >= 4 is 52.1 Å². The van der Waals surface area contributed by atoms with Crippen molar-refractivity contribution in [2.24, 2.45) is 18.7 Å². The fraction of sp³-hybridized carbons (Fsp3) is 0.482. The number of amides is 5. The largest absolute Gasteiger partial charge is 0.488 e. The molecular weight excluding hydrogens is 970 g/mol. The lowest BCUT2D eigenvalue weighted by atomic mass is 9.75. The maximum Gasteiger partial charge on any atom is 0.329 e. The van der Waals surface area contributed by atoms with E-state index in [9.17, 15) is 19.2 Å². The number of likely N-dealkylation sites (tertiary alicyclic amines) is 2. The summed E-state index contributed by atoms with van der Waals surface area (Å²) in [7, 11) is 3.39. The second-order valence-corrected chi connectivity index (χ2v) is 21.0. The molecule has 392 valence electrons. The Kier molecular flexibility index (Phi) is 15.0. The van der Waals surface area contributed by atoms with Crippen molar-refractivity contribution in [2.45, 2.75) is 101 Å². The number of ether oxygens (including phenoxy) is 3. The Hall–Kier alpha value is -6.14. The Morgan fingerprint density at radius 1 is 0.919 bits per heavy atom. The number of aryl methyl sites for hydroxylation is 1. The molecule has 15 nitrogen and oxygen atoms in total. The van der Waals surface area contributed by atoms with Crippen LogP contribution < -0.4 is 30.7 Å². The second-order valence-electron chi connectivity index (χ2n) is 20.6. The summed E-state index contributed by atoms with van der Waals surface area (Å²) in [6.07, 6.45) is 8.06. The standard InChI is InChI=1S/C56H65ClF2N8O7/c1-33-47-45(32-42(58)50(57)49(47)48-41(52(60)69)15-16-44(51(48)59)73-30-29-72-3)74-56(33,37-7-5-4-6-8-37)22-23-61-38-12-9-35(10-13-38)54(70)66-26-19-39(20-27-66)65-24-17-34(18-25-65)36-11-14-40-43(31-36)64(2)63-53(40)67-28-21-46(68)62-55(67)71/h4-8,11,14-16,31-35,38-39,61H,9-10,12-13,17-30H2,1-3H3,(H2,60,69)(H,62,68,71)/t33-,35?,38?,56?/m0/s1. The molecule has 0 bridgehead atoms. The summed E-state index contributed by atoms with van der Waals surface area (Å²) in [6.45, 7) is 6.59. The number of rotatable bonds is 15. The van der Waals surface area contributed by atoms with Crippen molar-refractivity contribution in [1.29, 1.82) is 0 Å². The van der Waals surface area contributed by atoms with Crippen molar-refractivity contribution in [3.05, 3.63) is 106 Å². The van der Waals surface area contributed by atoms with Gasteiger partial charge in [-0.2, -0.15) is 5.10 Å². The number of fused-ring (bicyclic) bond motifs is 2. The molecule has 1 aromatic heterocycles. The number of benzene rings is 4. The highest BCUT2D eigenvalue weighted by molar-refractivity contribution is 6.34. The van der Waals surface area contributed by atoms with Gasteiger partial charge in [0.25, 0.3) is 0 Å². The van der Waals surface area contributed by atoms with Gasteiger partial charge in [0.15, 0.2) is 17.4 Å². The van der Waals surface area contributed by atoms with Gasteiger partial charge in [0.1, 0.15) is 23.8 Å². The first-order chi connectivity index (χ1) is 35.8. The Morgan fingerprint density at radius 2 is 1.66 bits per heavy atom. The predicted octanol–water partition coefficient (Wildman–Crippen LogP) is 8.54. The normalized spacial score (nSPS) is 23.0. The average Bonchev–Trinajstić information content (AvgIpc) is 3.90. The topological polar surface area (TPSA) is 174 Å². The van der Waals surface area contributed by atoms with Crippen LogP contribution in [0, 0.1) is 17.6 Å². The van der Waals surface area contributed by atoms with Crippen LogP contribution in [0.25, 0.3) is 22.0 Å². The summed E-state index contributed by atoms with van der Waals surface area (Å²) in [4.78, 5) is 57.4. The lowest BCUT2D eigenvalue weighted by molar-refractivity contribution is -0.138. The van der Waals surface area contributed by atoms with Crippen molar-refractivity contribution in [1.82, 2.24) is 30.2 Å². The van der Waals surface area contributed by atoms with E-state index < -0.39 is 35.1 Å². The van der Waals surface area contributed by atoms with E-state index in [-0.39, 0.29) is 76.6 Å². The average molecular weight is 1040 g/mol. The summed E-state index contributed by atoms with van der Waals surface area (Å²) in [6, 6.07) is 20.2. The lowest BCUT2D eigenvalue weighted by Crippen LogP contribution is -2.50. The van der Waals surface area contributed by atoms with Crippen LogP contribution >= 0.6 is 11.6 Å². The second kappa shape index (κ2) is 21.6. The minimum Gasteiger partial charge on any atom is -0.488 e. The van der Waals surface area contributed by atoms with Gasteiger partial charge in [0.05, 0.1) is 22.7 Å². The number of nitrogens with two attached hydrogens (primary N) is 1. The maximum atomic E-state index is 16.6. The number of carbonyl (C=O) groups is 4. The molecule has 3 saturated heterocycles. The number of imide groups is 1. The molecule has 4 fully saturated rings. The van der Waals surface area contributed by atoms with Gasteiger partial charge in [-0.25, -0.2) is 13.6 Å². The molecule has 5 amide bonds. The minimum atomic E-state index is -1.02. The number of nitrogens with zero attached hydrogens (tertiary/aromatic N) is 5. The van der Waals surface area contributed by atoms with Crippen LogP contribution in [0.3, 0.4) is 0 Å². The molecule has 74 heavy (non-hydrogen) atoms. The number of carbonyl (C=O) groups excluding carboxylic acids is 4. The third-order valence-electron chi connectivity index (χ3n) is 16.5. The van der Waals surface area contributed by atoms with E-state index in [1.165, 1.54) is 30.9 Å². The number of nitrogens with one attached hydrogen (secondary N) is 2. The molecule has 5 aromatic rings. The fourth-order valence-corrected chi connectivity index (χ4v) is 12.7. The van der Waals surface area contributed by atoms with Gasteiger partial charge in [-0.1, -0.05) is 54.9 Å². The molecule has 1 unspecified atom stereocenters. The number of hydrogen-bond acceptors (Lipinski definition) is 10. The number of methoxy groups -OCH3 is 1. The van der Waals surface area contributed by atoms with Gasteiger partial charge in [-0.05, 0) is 112 Å². The van der Waals surface area contributed by atoms with Crippen LogP contribution in [0.15, 0.2) is 66.7 Å². The molecule has 18 heteroatoms. The highest BCUT2D eigenvalue weighted by Crippen LogP contribution is 2.58. The number of urea groups is 1. The zero-order chi connectivity index (χ0) is 51.8. The van der Waals surface area contributed by atoms with Gasteiger partial charge in [-0.3, -0.25) is 29.3 Å². The molecule has 2 atom stereocenters. The molecule has 4 aliphatic heterocycles. The van der Waals surface area contributed by atoms with Gasteiger partial charge in [0.2, 0.25) is 17.7 Å². The Labute approximate surface area is 435 Å². The summed E-state index contributed by atoms with van der Waals surface area (Å²) in [5.74, 6) is -2.10. The van der Waals surface area contributed by atoms with Gasteiger partial charge < -0.3 is 35.1 Å². The Balaban J connectivity index is 0.730. The minimum absolute atomic E-state index is 0.00281. The quantitative estimate of drug-likeness (QED) is 0.0863. The van der Waals surface area contributed by atoms with Crippen molar-refractivity contribution < 1.29 is 42.2 Å². The molecule has 1 saturated carbocycles. The molecule has 10 rings (SSSR count). The van der Waals surface area contributed by atoms with Gasteiger partial charge in [0, 0.05) is 98.7 Å². The number of piperidine rings is 2. The van der Waals surface area contributed by atoms with Crippen molar-refractivity contribution in [3.8, 4) is 22.6 Å². The highest BCUT2D eigenvalue weighted by Gasteiger charge is 2.50. The van der Waals surface area contributed by atoms with Crippen LogP contribution in [-0.2, 0) is 27.0 Å². The highest BCUT2D eigenvalue weighted by atomic mass is 35.5. The van der Waals surface area contributed by atoms with E-state index in [4.69, 9.17) is 31.5 Å². The van der Waals surface area contributed by atoms with Crippen LogP contribution in [0.4, 0.5) is 19.4 Å². The summed E-state index contributed by atoms with van der Waals surface area (Å²) in [5.41, 5.74) is 7.92. The van der Waals surface area contributed by atoms with E-state index in [1.807, 2.05) is 49.0 Å². The SMILES string of the molecule is COCCOc1ccc(C(N)=O)c(-c2c(Cl)c(F)cc3c2[C@H](C)C(CCNC2CCC(C(=O)N4CCC(N5CCC(c6ccc7c(N8CCC(=O)NC8=O)nn(C)c7c6)CC5)CC4)CC2)(c2ccccc2)O3)c1F. The first-order valence-electron chi connectivity index (χ1n) is 26.1. The Morgan fingerprint density at radius 3 is 2.36 bits per heavy atom. The summed E-state index contributed by atoms with van der Waals surface area (Å²) < 4.78 is 51.9. The van der Waals surface area contributed by atoms with Gasteiger partial charge in [-0.15, -0.1) is 0 Å². The fourth-order valence-electron chi connectivity index (χ4n) is 12.5. The Bertz CT molecular complexity index is 2930. The van der Waals surface area contributed by atoms with E-state index in [0.717, 1.165) is 94.0 Å². The zero-order valence-corrected chi connectivity index (χ0v) is 43.0. The maximum absolute atomic E-state index is 16.6. The van der Waals surface area contributed by atoms with E-state index in [1.54, 1.807) is 4.90 Å². The van der Waals surface area contributed by atoms with Crippen LogP contribution in [0.1, 0.15) is 110 Å². The first-order valence-corrected chi connectivity index (χ1v) is 26.5. The van der Waals surface area contributed by atoms with Crippen molar-refractivity contribution in [3.63, 3.8) is 0 Å². The molecule has 5 heterocycles. The molecule has 4 N–H and O–H groups in total. The van der Waals surface area contributed by atoms with E-state index >= 15 is 8.78 Å². The molecule has 0 spiro atoms. The third kappa shape index (κ3) is 9.83. The van der Waals surface area contributed by atoms with E-state index in [0.29, 0.717) is 42.9 Å². The van der Waals surface area contributed by atoms with Crippen molar-refractivity contribution in [2.75, 3.05) is 64.5 Å². The summed E-state index contributed by atoms with van der Waals surface area (Å²) in [5, 5.41) is 11.4.